The minimum absolute atomic E-state index is 0.109. The van der Waals surface area contributed by atoms with Gasteiger partial charge in [-0.05, 0) is 12.5 Å². The Labute approximate surface area is 132 Å². The van der Waals surface area contributed by atoms with Crippen LogP contribution >= 0.6 is 11.8 Å². The lowest BCUT2D eigenvalue weighted by atomic mass is 10.2. The topological polar surface area (TPSA) is 106 Å². The van der Waals surface area contributed by atoms with Crippen molar-refractivity contribution in [2.45, 2.75) is 18.1 Å². The Hall–Kier alpha value is -2.00. The van der Waals surface area contributed by atoms with E-state index in [9.17, 15) is 9.59 Å². The Balaban J connectivity index is 1.82. The largest absolute Gasteiger partial charge is 0.385 e. The third kappa shape index (κ3) is 5.08. The molecule has 8 nitrogen and oxygen atoms in total. The summed E-state index contributed by atoms with van der Waals surface area (Å²) >= 11 is 1.21. The Morgan fingerprint density at radius 2 is 2.27 bits per heavy atom. The molecule has 1 aliphatic heterocycles. The van der Waals surface area contributed by atoms with Gasteiger partial charge in [0.1, 0.15) is 5.25 Å². The van der Waals surface area contributed by atoms with Crippen molar-refractivity contribution in [3.05, 3.63) is 18.5 Å². The van der Waals surface area contributed by atoms with Gasteiger partial charge in [-0.15, -0.1) is 0 Å². The van der Waals surface area contributed by atoms with Crippen LogP contribution in [0.2, 0.25) is 0 Å². The molecule has 0 spiro atoms. The van der Waals surface area contributed by atoms with Gasteiger partial charge in [-0.3, -0.25) is 9.59 Å². The van der Waals surface area contributed by atoms with Crippen molar-refractivity contribution in [3.8, 4) is 0 Å². The van der Waals surface area contributed by atoms with Gasteiger partial charge in [0, 0.05) is 39.1 Å². The Morgan fingerprint density at radius 3 is 3.00 bits per heavy atom. The SMILES string of the molecule is COCCCNC(=O)CC1S/C(=N\c2ncccn2)NC1=O. The van der Waals surface area contributed by atoms with Crippen LogP contribution in [-0.2, 0) is 14.3 Å². The summed E-state index contributed by atoms with van der Waals surface area (Å²) in [6, 6.07) is 1.68. The lowest BCUT2D eigenvalue weighted by molar-refractivity contribution is -0.125. The fraction of sp³-hybridized carbons (Fsp3) is 0.462. The van der Waals surface area contributed by atoms with Crippen LogP contribution in [-0.4, -0.2) is 52.5 Å². The molecule has 1 aromatic rings. The van der Waals surface area contributed by atoms with Gasteiger partial charge in [-0.25, -0.2) is 9.97 Å². The fourth-order valence-corrected chi connectivity index (χ4v) is 2.68. The van der Waals surface area contributed by atoms with E-state index in [-0.39, 0.29) is 24.2 Å². The van der Waals surface area contributed by atoms with Crippen molar-refractivity contribution < 1.29 is 14.3 Å². The quantitative estimate of drug-likeness (QED) is 0.696. The van der Waals surface area contributed by atoms with Crippen molar-refractivity contribution in [3.63, 3.8) is 0 Å². The number of amidine groups is 1. The molecule has 0 aromatic carbocycles. The number of rotatable bonds is 7. The first-order valence-corrected chi connectivity index (χ1v) is 7.66. The number of thioether (sulfide) groups is 1. The monoisotopic (exact) mass is 323 g/mol. The van der Waals surface area contributed by atoms with Gasteiger partial charge in [0.15, 0.2) is 5.17 Å². The molecule has 0 saturated carbocycles. The van der Waals surface area contributed by atoms with Crippen molar-refractivity contribution in [1.29, 1.82) is 0 Å². The second kappa shape index (κ2) is 8.44. The van der Waals surface area contributed by atoms with Crippen LogP contribution in [0.1, 0.15) is 12.8 Å². The highest BCUT2D eigenvalue weighted by Gasteiger charge is 2.32. The molecule has 118 valence electrons. The minimum Gasteiger partial charge on any atom is -0.385 e. The standard InChI is InChI=1S/C13H17N5O3S/c1-21-7-3-6-14-10(19)8-9-11(20)17-13(22-9)18-12-15-4-2-5-16-12/h2,4-5,9H,3,6-8H2,1H3,(H,14,19)(H,15,16,17,18,20). The van der Waals surface area contributed by atoms with Crippen LogP contribution < -0.4 is 10.6 Å². The van der Waals surface area contributed by atoms with E-state index in [1.807, 2.05) is 0 Å². The van der Waals surface area contributed by atoms with Gasteiger partial charge in [-0.2, -0.15) is 4.99 Å². The van der Waals surface area contributed by atoms with Crippen LogP contribution in [0.3, 0.4) is 0 Å². The average Bonchev–Trinajstić information content (AvgIpc) is 2.84. The van der Waals surface area contributed by atoms with E-state index in [1.165, 1.54) is 11.8 Å². The van der Waals surface area contributed by atoms with E-state index in [0.29, 0.717) is 18.3 Å². The number of hydrogen-bond donors (Lipinski definition) is 2. The molecule has 0 aliphatic carbocycles. The van der Waals surface area contributed by atoms with Crippen LogP contribution in [0, 0.1) is 0 Å². The number of ether oxygens (including phenoxy) is 1. The van der Waals surface area contributed by atoms with Gasteiger partial charge in [0.25, 0.3) is 5.95 Å². The van der Waals surface area contributed by atoms with Crippen LogP contribution in [0.25, 0.3) is 0 Å². The molecule has 1 atom stereocenters. The summed E-state index contributed by atoms with van der Waals surface area (Å²) in [6.07, 6.45) is 3.99. The molecular formula is C13H17N5O3S. The highest BCUT2D eigenvalue weighted by molar-refractivity contribution is 8.15. The van der Waals surface area contributed by atoms with Gasteiger partial charge in [0.2, 0.25) is 11.8 Å². The summed E-state index contributed by atoms with van der Waals surface area (Å²) in [5.74, 6) is -0.123. The molecule has 1 saturated heterocycles. The number of nitrogens with zero attached hydrogens (tertiary/aromatic N) is 3. The maximum Gasteiger partial charge on any atom is 0.251 e. The molecule has 0 radical (unpaired) electrons. The van der Waals surface area contributed by atoms with Crippen LogP contribution in [0.4, 0.5) is 5.95 Å². The molecule has 0 bridgehead atoms. The number of amides is 2. The molecular weight excluding hydrogens is 306 g/mol. The lowest BCUT2D eigenvalue weighted by Crippen LogP contribution is -2.32. The smallest absolute Gasteiger partial charge is 0.251 e. The van der Waals surface area contributed by atoms with Crippen molar-refractivity contribution >= 4 is 34.7 Å². The first kappa shape index (κ1) is 16.4. The van der Waals surface area contributed by atoms with E-state index in [0.717, 1.165) is 6.42 Å². The van der Waals surface area contributed by atoms with Gasteiger partial charge in [0.05, 0.1) is 0 Å². The molecule has 1 unspecified atom stereocenters. The number of aromatic nitrogens is 2. The van der Waals surface area contributed by atoms with E-state index >= 15 is 0 Å². The first-order chi connectivity index (χ1) is 10.7. The number of nitrogens with one attached hydrogen (secondary N) is 2. The predicted octanol–water partition coefficient (Wildman–Crippen LogP) is 0.238. The summed E-state index contributed by atoms with van der Waals surface area (Å²) < 4.78 is 4.90. The van der Waals surface area contributed by atoms with Crippen molar-refractivity contribution in [2.75, 3.05) is 20.3 Å². The van der Waals surface area contributed by atoms with E-state index in [2.05, 4.69) is 25.6 Å². The Morgan fingerprint density at radius 1 is 1.50 bits per heavy atom. The third-order valence-electron chi connectivity index (χ3n) is 2.75. The Kier molecular flexibility index (Phi) is 6.28. The number of carbonyl (C=O) groups is 2. The summed E-state index contributed by atoms with van der Waals surface area (Å²) in [5.41, 5.74) is 0. The highest BCUT2D eigenvalue weighted by atomic mass is 32.2. The number of hydrogen-bond acceptors (Lipinski definition) is 7. The van der Waals surface area contributed by atoms with E-state index < -0.39 is 5.25 Å². The zero-order chi connectivity index (χ0) is 15.8. The molecule has 9 heteroatoms. The van der Waals surface area contributed by atoms with Crippen molar-refractivity contribution in [2.24, 2.45) is 4.99 Å². The van der Waals surface area contributed by atoms with Crippen LogP contribution in [0.15, 0.2) is 23.5 Å². The van der Waals surface area contributed by atoms with Crippen LogP contribution in [0.5, 0.6) is 0 Å². The molecule has 2 heterocycles. The number of aliphatic imine (C=N–C) groups is 1. The minimum atomic E-state index is -0.482. The van der Waals surface area contributed by atoms with Gasteiger partial charge in [-0.1, -0.05) is 11.8 Å². The summed E-state index contributed by atoms with van der Waals surface area (Å²) in [5, 5.41) is 5.31. The average molecular weight is 323 g/mol. The van der Waals surface area contributed by atoms with Crippen molar-refractivity contribution in [1.82, 2.24) is 20.6 Å². The molecule has 1 aliphatic rings. The summed E-state index contributed by atoms with van der Waals surface area (Å²) in [6.45, 7) is 1.12. The molecule has 22 heavy (non-hydrogen) atoms. The van der Waals surface area contributed by atoms with E-state index in [1.54, 1.807) is 25.6 Å². The zero-order valence-electron chi connectivity index (χ0n) is 12.1. The zero-order valence-corrected chi connectivity index (χ0v) is 12.9. The molecule has 2 rings (SSSR count). The Bertz CT molecular complexity index is 552. The first-order valence-electron chi connectivity index (χ1n) is 6.78. The maximum absolute atomic E-state index is 11.8. The molecule has 1 fully saturated rings. The van der Waals surface area contributed by atoms with Gasteiger partial charge < -0.3 is 15.4 Å². The fourth-order valence-electron chi connectivity index (χ4n) is 1.72. The van der Waals surface area contributed by atoms with E-state index in [4.69, 9.17) is 4.74 Å². The second-order valence-corrected chi connectivity index (χ2v) is 5.65. The predicted molar refractivity (Wildman–Crippen MR) is 82.8 cm³/mol. The lowest BCUT2D eigenvalue weighted by Gasteiger charge is -2.06. The number of carbonyl (C=O) groups excluding carboxylic acids is 2. The molecule has 1 aromatic heterocycles. The third-order valence-corrected chi connectivity index (χ3v) is 3.83. The highest BCUT2D eigenvalue weighted by Crippen LogP contribution is 2.23. The maximum atomic E-state index is 11.8. The normalized spacial score (nSPS) is 19.2. The summed E-state index contributed by atoms with van der Waals surface area (Å²) in [7, 11) is 1.61. The summed E-state index contributed by atoms with van der Waals surface area (Å²) in [4.78, 5) is 35.6. The van der Waals surface area contributed by atoms with Gasteiger partial charge >= 0.3 is 0 Å². The molecule has 2 amide bonds. The second-order valence-electron chi connectivity index (χ2n) is 4.46. The molecule has 2 N–H and O–H groups in total. The number of methoxy groups -OCH3 is 1.